The quantitative estimate of drug-likeness (QED) is 0.894. The van der Waals surface area contributed by atoms with Gasteiger partial charge in [0.05, 0.1) is 12.1 Å². The average Bonchev–Trinajstić information content (AvgIpc) is 2.46. The van der Waals surface area contributed by atoms with Gasteiger partial charge in [0.1, 0.15) is 19.3 Å². The molecule has 0 saturated heterocycles. The zero-order valence-electron chi connectivity index (χ0n) is 11.9. The second-order valence-electron chi connectivity index (χ2n) is 5.04. The molecule has 1 aromatic rings. The van der Waals surface area contributed by atoms with E-state index in [0.717, 1.165) is 30.2 Å². The summed E-state index contributed by atoms with van der Waals surface area (Å²) in [6, 6.07) is 6.21. The molecule has 1 fully saturated rings. The summed E-state index contributed by atoms with van der Waals surface area (Å²) >= 11 is 0. The van der Waals surface area contributed by atoms with Crippen molar-refractivity contribution in [3.63, 3.8) is 0 Å². The van der Waals surface area contributed by atoms with E-state index < -0.39 is 0 Å². The molecule has 110 valence electrons. The smallest absolute Gasteiger partial charge is 0.163 e. The predicted molar refractivity (Wildman–Crippen MR) is 75.7 cm³/mol. The van der Waals surface area contributed by atoms with E-state index in [-0.39, 0.29) is 18.2 Å². The minimum absolute atomic E-state index is 0.100. The minimum Gasteiger partial charge on any atom is -0.486 e. The number of hydrogen-bond acceptors (Lipinski definition) is 5. The lowest BCUT2D eigenvalue weighted by atomic mass is 9.85. The molecule has 0 spiro atoms. The van der Waals surface area contributed by atoms with Gasteiger partial charge in [-0.1, -0.05) is 0 Å². The summed E-state index contributed by atoms with van der Waals surface area (Å²) in [5.74, 6) is 1.61. The fourth-order valence-electron chi connectivity index (χ4n) is 2.76. The van der Waals surface area contributed by atoms with Crippen LogP contribution in [0.25, 0.3) is 0 Å². The molecule has 1 aliphatic carbocycles. The number of hydrogen-bond donors (Lipinski definition) is 1. The molecule has 1 N–H and O–H groups in total. The molecule has 0 aromatic heterocycles. The van der Waals surface area contributed by atoms with Crippen LogP contribution in [-0.4, -0.2) is 45.2 Å². The van der Waals surface area contributed by atoms with Crippen LogP contribution in [0.5, 0.6) is 11.5 Å². The minimum atomic E-state index is 0.100. The van der Waals surface area contributed by atoms with Crippen molar-refractivity contribution in [1.82, 2.24) is 0 Å². The van der Waals surface area contributed by atoms with E-state index in [0.29, 0.717) is 13.2 Å². The van der Waals surface area contributed by atoms with Crippen molar-refractivity contribution in [3.8, 4) is 11.5 Å². The number of rotatable bonds is 5. The Morgan fingerprint density at radius 1 is 1.25 bits per heavy atom. The fourth-order valence-corrected chi connectivity index (χ4v) is 2.76. The second-order valence-corrected chi connectivity index (χ2v) is 5.04. The largest absolute Gasteiger partial charge is 0.486 e. The third kappa shape index (κ3) is 2.55. The Morgan fingerprint density at radius 3 is 2.80 bits per heavy atom. The van der Waals surface area contributed by atoms with Crippen molar-refractivity contribution < 1.29 is 18.9 Å². The van der Waals surface area contributed by atoms with Gasteiger partial charge >= 0.3 is 0 Å². The SMILES string of the molecule is CCOC1CC(Nc2ccc3c(c2)OCCO3)C1OC. The van der Waals surface area contributed by atoms with E-state index in [1.165, 1.54) is 0 Å². The molecule has 5 heteroatoms. The lowest BCUT2D eigenvalue weighted by molar-refractivity contribution is -0.118. The van der Waals surface area contributed by atoms with Crippen LogP contribution < -0.4 is 14.8 Å². The van der Waals surface area contributed by atoms with Gasteiger partial charge in [0.15, 0.2) is 11.5 Å². The Hall–Kier alpha value is -1.46. The maximum absolute atomic E-state index is 5.63. The van der Waals surface area contributed by atoms with Crippen LogP contribution >= 0.6 is 0 Å². The van der Waals surface area contributed by atoms with Crippen molar-refractivity contribution in [3.05, 3.63) is 18.2 Å². The fraction of sp³-hybridized carbons (Fsp3) is 0.600. The topological polar surface area (TPSA) is 49.0 Å². The van der Waals surface area contributed by atoms with Crippen LogP contribution in [0.15, 0.2) is 18.2 Å². The van der Waals surface area contributed by atoms with Gasteiger partial charge in [-0.15, -0.1) is 0 Å². The van der Waals surface area contributed by atoms with Crippen LogP contribution in [0.3, 0.4) is 0 Å². The van der Waals surface area contributed by atoms with Gasteiger partial charge < -0.3 is 24.3 Å². The molecule has 0 bridgehead atoms. The van der Waals surface area contributed by atoms with Gasteiger partial charge in [0.2, 0.25) is 0 Å². The van der Waals surface area contributed by atoms with Crippen LogP contribution in [-0.2, 0) is 9.47 Å². The van der Waals surface area contributed by atoms with Crippen molar-refractivity contribution in [2.24, 2.45) is 0 Å². The first kappa shape index (κ1) is 13.5. The zero-order valence-corrected chi connectivity index (χ0v) is 11.9. The van der Waals surface area contributed by atoms with Crippen LogP contribution in [0.2, 0.25) is 0 Å². The highest BCUT2D eigenvalue weighted by atomic mass is 16.6. The molecule has 1 saturated carbocycles. The summed E-state index contributed by atoms with van der Waals surface area (Å²) in [5.41, 5.74) is 1.02. The van der Waals surface area contributed by atoms with Crippen LogP contribution in [0, 0.1) is 0 Å². The highest BCUT2D eigenvalue weighted by Gasteiger charge is 2.42. The monoisotopic (exact) mass is 279 g/mol. The van der Waals surface area contributed by atoms with E-state index in [1.54, 1.807) is 7.11 Å². The standard InChI is InChI=1S/C15H21NO4/c1-3-18-14-9-11(15(14)17-2)16-10-4-5-12-13(8-10)20-7-6-19-12/h4-5,8,11,14-16H,3,6-7,9H2,1-2H3. The summed E-state index contributed by atoms with van der Waals surface area (Å²) < 4.78 is 22.2. The Bertz CT molecular complexity index is 465. The van der Waals surface area contributed by atoms with Crippen LogP contribution in [0.4, 0.5) is 5.69 Å². The average molecular weight is 279 g/mol. The molecule has 0 amide bonds. The number of benzene rings is 1. The van der Waals surface area contributed by atoms with Gasteiger partial charge in [-0.25, -0.2) is 0 Å². The van der Waals surface area contributed by atoms with E-state index in [9.17, 15) is 0 Å². The Morgan fingerprint density at radius 2 is 2.05 bits per heavy atom. The van der Waals surface area contributed by atoms with Gasteiger partial charge in [-0.05, 0) is 25.5 Å². The highest BCUT2D eigenvalue weighted by Crippen LogP contribution is 2.35. The molecule has 3 unspecified atom stereocenters. The predicted octanol–water partition coefficient (Wildman–Crippen LogP) is 2.06. The first-order chi connectivity index (χ1) is 9.81. The first-order valence-corrected chi connectivity index (χ1v) is 7.12. The third-order valence-electron chi connectivity index (χ3n) is 3.80. The zero-order chi connectivity index (χ0) is 13.9. The Kier molecular flexibility index (Phi) is 3.98. The lowest BCUT2D eigenvalue weighted by Gasteiger charge is -2.43. The van der Waals surface area contributed by atoms with E-state index >= 15 is 0 Å². The van der Waals surface area contributed by atoms with Crippen molar-refractivity contribution in [1.29, 1.82) is 0 Å². The van der Waals surface area contributed by atoms with Crippen molar-refractivity contribution >= 4 is 5.69 Å². The number of fused-ring (bicyclic) bond motifs is 1. The molecule has 20 heavy (non-hydrogen) atoms. The van der Waals surface area contributed by atoms with Crippen molar-refractivity contribution in [2.45, 2.75) is 31.6 Å². The van der Waals surface area contributed by atoms with Gasteiger partial charge in [0, 0.05) is 25.5 Å². The third-order valence-corrected chi connectivity index (χ3v) is 3.80. The number of nitrogens with one attached hydrogen (secondary N) is 1. The highest BCUT2D eigenvalue weighted by molar-refractivity contribution is 5.56. The number of anilines is 1. The summed E-state index contributed by atoms with van der Waals surface area (Å²) in [5, 5.41) is 3.48. The molecule has 1 aromatic carbocycles. The van der Waals surface area contributed by atoms with E-state index in [2.05, 4.69) is 5.32 Å². The maximum Gasteiger partial charge on any atom is 0.163 e. The number of methoxy groups -OCH3 is 1. The molecule has 3 atom stereocenters. The molecular formula is C15H21NO4. The lowest BCUT2D eigenvalue weighted by Crippen LogP contribution is -2.56. The molecule has 1 heterocycles. The molecule has 3 rings (SSSR count). The maximum atomic E-state index is 5.63. The normalized spacial score (nSPS) is 27.8. The summed E-state index contributed by atoms with van der Waals surface area (Å²) in [6.45, 7) is 3.95. The summed E-state index contributed by atoms with van der Waals surface area (Å²) in [7, 11) is 1.73. The van der Waals surface area contributed by atoms with Gasteiger partial charge in [-0.3, -0.25) is 0 Å². The Balaban J connectivity index is 1.63. The summed E-state index contributed by atoms with van der Waals surface area (Å²) in [4.78, 5) is 0. The molecule has 0 radical (unpaired) electrons. The van der Waals surface area contributed by atoms with E-state index in [4.69, 9.17) is 18.9 Å². The second kappa shape index (κ2) is 5.89. The molecule has 5 nitrogen and oxygen atoms in total. The van der Waals surface area contributed by atoms with Crippen molar-refractivity contribution in [2.75, 3.05) is 32.2 Å². The van der Waals surface area contributed by atoms with Gasteiger partial charge in [0.25, 0.3) is 0 Å². The number of ether oxygens (including phenoxy) is 4. The van der Waals surface area contributed by atoms with Gasteiger partial charge in [-0.2, -0.15) is 0 Å². The molecule has 1 aliphatic heterocycles. The molecule has 2 aliphatic rings. The Labute approximate surface area is 119 Å². The first-order valence-electron chi connectivity index (χ1n) is 7.12. The van der Waals surface area contributed by atoms with Crippen LogP contribution in [0.1, 0.15) is 13.3 Å². The molecular weight excluding hydrogens is 258 g/mol. The van der Waals surface area contributed by atoms with E-state index in [1.807, 2.05) is 25.1 Å². The summed E-state index contributed by atoms with van der Waals surface area (Å²) in [6.07, 6.45) is 1.25.